The van der Waals surface area contributed by atoms with Crippen LogP contribution in [0.1, 0.15) is 56.4 Å². The fourth-order valence-electron chi connectivity index (χ4n) is 6.15. The van der Waals surface area contributed by atoms with Crippen molar-refractivity contribution in [2.45, 2.75) is 76.9 Å². The van der Waals surface area contributed by atoms with Crippen LogP contribution in [0.5, 0.6) is 0 Å². The molecule has 2 fully saturated rings. The third-order valence-corrected chi connectivity index (χ3v) is 8.79. The summed E-state index contributed by atoms with van der Waals surface area (Å²) in [6, 6.07) is 6.07. The summed E-state index contributed by atoms with van der Waals surface area (Å²) < 4.78 is 0. The minimum atomic E-state index is 0.625. The summed E-state index contributed by atoms with van der Waals surface area (Å²) in [7, 11) is 0. The van der Waals surface area contributed by atoms with E-state index in [1.165, 1.54) is 71.4 Å². The summed E-state index contributed by atoms with van der Waals surface area (Å²) in [6.45, 7) is 7.00. The summed E-state index contributed by atoms with van der Waals surface area (Å²) in [5.74, 6) is 1.99. The highest BCUT2D eigenvalue weighted by Gasteiger charge is 2.36. The minimum Gasteiger partial charge on any atom is -0.354 e. The SMILES string of the molecule is C[C@@H]1CC[C@@H](C)N1[C@@H]1CCCN(c2nc(-c3cccnc3)nc3sc4c(c23)CCC4)C1. The van der Waals surface area contributed by atoms with Gasteiger partial charge < -0.3 is 4.90 Å². The van der Waals surface area contributed by atoms with Gasteiger partial charge >= 0.3 is 0 Å². The number of thiophene rings is 1. The van der Waals surface area contributed by atoms with Gasteiger partial charge in [0.15, 0.2) is 5.82 Å². The van der Waals surface area contributed by atoms with Crippen LogP contribution in [0.4, 0.5) is 5.82 Å². The molecule has 162 valence electrons. The zero-order chi connectivity index (χ0) is 20.9. The van der Waals surface area contributed by atoms with Gasteiger partial charge in [0.25, 0.3) is 0 Å². The topological polar surface area (TPSA) is 45.2 Å². The van der Waals surface area contributed by atoms with Crippen molar-refractivity contribution < 1.29 is 0 Å². The van der Waals surface area contributed by atoms with Crippen LogP contribution in [0.25, 0.3) is 21.6 Å². The van der Waals surface area contributed by atoms with Crippen LogP contribution in [0, 0.1) is 0 Å². The fraction of sp³-hybridized carbons (Fsp3) is 0.560. The zero-order valence-electron chi connectivity index (χ0n) is 18.5. The van der Waals surface area contributed by atoms with Crippen molar-refractivity contribution in [2.75, 3.05) is 18.0 Å². The predicted octanol–water partition coefficient (Wildman–Crippen LogP) is 5.08. The number of pyridine rings is 1. The molecule has 0 bridgehead atoms. The first-order valence-corrected chi connectivity index (χ1v) is 12.8. The lowest BCUT2D eigenvalue weighted by molar-refractivity contribution is 0.129. The molecule has 5 heterocycles. The highest BCUT2D eigenvalue weighted by atomic mass is 32.1. The number of piperidine rings is 1. The van der Waals surface area contributed by atoms with Gasteiger partial charge in [-0.1, -0.05) is 0 Å². The van der Waals surface area contributed by atoms with Gasteiger partial charge in [-0.3, -0.25) is 9.88 Å². The van der Waals surface area contributed by atoms with Crippen LogP contribution in [-0.2, 0) is 12.8 Å². The van der Waals surface area contributed by atoms with Crippen LogP contribution < -0.4 is 4.90 Å². The summed E-state index contributed by atoms with van der Waals surface area (Å²) in [5, 5.41) is 1.34. The Balaban J connectivity index is 1.43. The van der Waals surface area contributed by atoms with Gasteiger partial charge in [-0.05, 0) is 76.5 Å². The number of fused-ring (bicyclic) bond motifs is 3. The average molecular weight is 434 g/mol. The molecule has 2 aliphatic heterocycles. The first kappa shape index (κ1) is 19.6. The van der Waals surface area contributed by atoms with Crippen LogP contribution in [0.15, 0.2) is 24.5 Å². The Bertz CT molecular complexity index is 1080. The molecule has 6 rings (SSSR count). The molecule has 0 saturated carbocycles. The molecule has 0 aromatic carbocycles. The molecule has 3 aromatic rings. The minimum absolute atomic E-state index is 0.625. The highest BCUT2D eigenvalue weighted by Crippen LogP contribution is 2.42. The number of rotatable bonds is 3. The summed E-state index contributed by atoms with van der Waals surface area (Å²) in [5.41, 5.74) is 2.53. The van der Waals surface area contributed by atoms with Crippen molar-refractivity contribution >= 4 is 27.4 Å². The van der Waals surface area contributed by atoms with Crippen molar-refractivity contribution in [2.24, 2.45) is 0 Å². The van der Waals surface area contributed by atoms with Crippen molar-refractivity contribution in [3.05, 3.63) is 35.0 Å². The fourth-order valence-corrected chi connectivity index (χ4v) is 7.41. The normalized spacial score (nSPS) is 26.6. The maximum Gasteiger partial charge on any atom is 0.164 e. The number of hydrogen-bond donors (Lipinski definition) is 0. The first-order valence-electron chi connectivity index (χ1n) is 11.9. The second-order valence-electron chi connectivity index (χ2n) is 9.61. The zero-order valence-corrected chi connectivity index (χ0v) is 19.4. The van der Waals surface area contributed by atoms with Crippen LogP contribution >= 0.6 is 11.3 Å². The molecule has 0 unspecified atom stereocenters. The Morgan fingerprint density at radius 2 is 1.90 bits per heavy atom. The monoisotopic (exact) mass is 433 g/mol. The Kier molecular flexibility index (Phi) is 4.95. The molecule has 1 aliphatic carbocycles. The van der Waals surface area contributed by atoms with Gasteiger partial charge in [0.1, 0.15) is 10.6 Å². The molecule has 0 spiro atoms. The lowest BCUT2D eigenvalue weighted by atomic mass is 10.0. The van der Waals surface area contributed by atoms with E-state index in [-0.39, 0.29) is 0 Å². The number of likely N-dealkylation sites (tertiary alicyclic amines) is 1. The van der Waals surface area contributed by atoms with Crippen molar-refractivity contribution in [3.8, 4) is 11.4 Å². The average Bonchev–Trinajstić information content (AvgIpc) is 3.48. The molecule has 0 N–H and O–H groups in total. The lowest BCUT2D eigenvalue weighted by Crippen LogP contribution is -2.51. The van der Waals surface area contributed by atoms with E-state index in [2.05, 4.69) is 34.7 Å². The summed E-state index contributed by atoms with van der Waals surface area (Å²) in [6.07, 6.45) is 12.6. The van der Waals surface area contributed by atoms with Gasteiger partial charge in [0, 0.05) is 54.0 Å². The Hall–Kier alpha value is -2.05. The third kappa shape index (κ3) is 3.35. The number of anilines is 1. The molecule has 0 amide bonds. The second kappa shape index (κ2) is 7.82. The molecule has 5 nitrogen and oxygen atoms in total. The predicted molar refractivity (Wildman–Crippen MR) is 128 cm³/mol. The van der Waals surface area contributed by atoms with Gasteiger partial charge in [-0.15, -0.1) is 11.3 Å². The Morgan fingerprint density at radius 3 is 2.71 bits per heavy atom. The van der Waals surface area contributed by atoms with E-state index < -0.39 is 0 Å². The summed E-state index contributed by atoms with van der Waals surface area (Å²) >= 11 is 1.89. The molecule has 3 aromatic heterocycles. The van der Waals surface area contributed by atoms with Crippen molar-refractivity contribution in [3.63, 3.8) is 0 Å². The highest BCUT2D eigenvalue weighted by molar-refractivity contribution is 7.19. The lowest BCUT2D eigenvalue weighted by Gasteiger charge is -2.42. The maximum absolute atomic E-state index is 5.21. The largest absolute Gasteiger partial charge is 0.354 e. The summed E-state index contributed by atoms with van der Waals surface area (Å²) in [4.78, 5) is 22.6. The van der Waals surface area contributed by atoms with Gasteiger partial charge in [0.05, 0.1) is 5.39 Å². The van der Waals surface area contributed by atoms with E-state index in [0.717, 1.165) is 24.5 Å². The van der Waals surface area contributed by atoms with E-state index >= 15 is 0 Å². The number of aromatic nitrogens is 3. The first-order chi connectivity index (χ1) is 15.2. The Morgan fingerprint density at radius 1 is 1.03 bits per heavy atom. The molecule has 6 heteroatoms. The third-order valence-electron chi connectivity index (χ3n) is 7.60. The molecular weight excluding hydrogens is 402 g/mol. The maximum atomic E-state index is 5.21. The molecule has 3 aliphatic rings. The van der Waals surface area contributed by atoms with E-state index in [4.69, 9.17) is 9.97 Å². The van der Waals surface area contributed by atoms with E-state index in [0.29, 0.717) is 18.1 Å². The number of aryl methyl sites for hydroxylation is 2. The van der Waals surface area contributed by atoms with E-state index in [1.54, 1.807) is 0 Å². The quantitative estimate of drug-likeness (QED) is 0.576. The van der Waals surface area contributed by atoms with Crippen LogP contribution in [-0.4, -0.2) is 51.1 Å². The standard InChI is InChI=1S/C25H31N5S/c1-16-10-11-17(2)30(16)19-7-5-13-29(15-19)24-22-20-8-3-9-21(20)31-25(22)28-23(27-24)18-6-4-12-26-14-18/h4,6,12,14,16-17,19H,3,5,7-11,13,15H2,1-2H3/t16-,17-,19-/m1/s1. The van der Waals surface area contributed by atoms with E-state index in [1.807, 2.05) is 29.8 Å². The molecule has 0 radical (unpaired) electrons. The van der Waals surface area contributed by atoms with Gasteiger partial charge in [0.2, 0.25) is 0 Å². The smallest absolute Gasteiger partial charge is 0.164 e. The molecule has 31 heavy (non-hydrogen) atoms. The van der Waals surface area contributed by atoms with Gasteiger partial charge in [-0.25, -0.2) is 9.97 Å². The molecule has 3 atom stereocenters. The molecule has 2 saturated heterocycles. The second-order valence-corrected chi connectivity index (χ2v) is 10.7. The van der Waals surface area contributed by atoms with Crippen LogP contribution in [0.3, 0.4) is 0 Å². The number of nitrogens with zero attached hydrogens (tertiary/aromatic N) is 5. The molecular formula is C25H31N5S. The number of hydrogen-bond acceptors (Lipinski definition) is 6. The van der Waals surface area contributed by atoms with Crippen molar-refractivity contribution in [1.29, 1.82) is 0 Å². The Labute approximate surface area is 188 Å². The van der Waals surface area contributed by atoms with Crippen LogP contribution in [0.2, 0.25) is 0 Å². The van der Waals surface area contributed by atoms with Gasteiger partial charge in [-0.2, -0.15) is 0 Å². The van der Waals surface area contributed by atoms with Crippen molar-refractivity contribution in [1.82, 2.24) is 19.9 Å². The van der Waals surface area contributed by atoms with E-state index in [9.17, 15) is 0 Å².